The average molecular weight is 335 g/mol. The molecule has 3 N–H and O–H groups in total. The van der Waals surface area contributed by atoms with Gasteiger partial charge < -0.3 is 15.7 Å². The van der Waals surface area contributed by atoms with Crippen molar-refractivity contribution >= 4 is 27.6 Å². The van der Waals surface area contributed by atoms with Crippen molar-refractivity contribution in [3.05, 3.63) is 11.8 Å². The van der Waals surface area contributed by atoms with Crippen LogP contribution in [0.3, 0.4) is 0 Å². The number of rotatable bonds is 11. The van der Waals surface area contributed by atoms with Gasteiger partial charge >= 0.3 is 5.97 Å². The largest absolute Gasteiger partial charge is 0.480 e. The van der Waals surface area contributed by atoms with Crippen LogP contribution in [0.15, 0.2) is 11.8 Å². The Kier molecular flexibility index (Phi) is 10.2. The normalized spacial score (nSPS) is 14.1. The van der Waals surface area contributed by atoms with Crippen molar-refractivity contribution < 1.29 is 9.90 Å². The highest BCUT2D eigenvalue weighted by atomic mass is 33.1. The zero-order valence-corrected chi connectivity index (χ0v) is 15.5. The van der Waals surface area contributed by atoms with Crippen LogP contribution in [-0.4, -0.2) is 46.1 Å². The standard InChI is InChI=1S/C15H30N2O2S2/c1-6-7-13(17(5)12(2)14(18)19)8-9-15(3,4)21-20-11-10-16/h7,12H,6,8-11,16H2,1-5H3,(H,18,19)/b13-7-. The zero-order valence-electron chi connectivity index (χ0n) is 13.9. The summed E-state index contributed by atoms with van der Waals surface area (Å²) in [7, 11) is 5.54. The molecule has 6 heteroatoms. The minimum absolute atomic E-state index is 0.153. The molecule has 0 aromatic carbocycles. The van der Waals surface area contributed by atoms with E-state index < -0.39 is 12.0 Å². The van der Waals surface area contributed by atoms with E-state index in [1.165, 1.54) is 0 Å². The molecule has 0 amide bonds. The number of hydrogen-bond donors (Lipinski definition) is 2. The van der Waals surface area contributed by atoms with Gasteiger partial charge in [-0.2, -0.15) is 0 Å². The first-order valence-corrected chi connectivity index (χ1v) is 9.72. The Hall–Kier alpha value is -0.330. The van der Waals surface area contributed by atoms with Crippen molar-refractivity contribution in [3.8, 4) is 0 Å². The lowest BCUT2D eigenvalue weighted by Crippen LogP contribution is -2.35. The van der Waals surface area contributed by atoms with Gasteiger partial charge in [0.25, 0.3) is 0 Å². The molecule has 0 bridgehead atoms. The summed E-state index contributed by atoms with van der Waals surface area (Å²) in [6.07, 6.45) is 4.96. The van der Waals surface area contributed by atoms with Crippen molar-refractivity contribution in [2.24, 2.45) is 5.73 Å². The molecule has 0 aliphatic heterocycles. The summed E-state index contributed by atoms with van der Waals surface area (Å²) in [4.78, 5) is 13.0. The number of nitrogens with zero attached hydrogens (tertiary/aromatic N) is 1. The van der Waals surface area contributed by atoms with Crippen LogP contribution in [-0.2, 0) is 4.79 Å². The van der Waals surface area contributed by atoms with E-state index in [-0.39, 0.29) is 4.75 Å². The van der Waals surface area contributed by atoms with Crippen LogP contribution < -0.4 is 5.73 Å². The van der Waals surface area contributed by atoms with Gasteiger partial charge in [0.15, 0.2) is 0 Å². The van der Waals surface area contributed by atoms with E-state index in [1.54, 1.807) is 6.92 Å². The fourth-order valence-corrected chi connectivity index (χ4v) is 4.22. The highest BCUT2D eigenvalue weighted by Crippen LogP contribution is 2.39. The van der Waals surface area contributed by atoms with Crippen LogP contribution in [0.25, 0.3) is 0 Å². The molecule has 4 nitrogen and oxygen atoms in total. The van der Waals surface area contributed by atoms with Gasteiger partial charge in [-0.25, -0.2) is 4.79 Å². The fraction of sp³-hybridized carbons (Fsp3) is 0.800. The maximum absolute atomic E-state index is 11.1. The molecule has 1 unspecified atom stereocenters. The van der Waals surface area contributed by atoms with Gasteiger partial charge in [0.05, 0.1) is 0 Å². The Balaban J connectivity index is 4.58. The van der Waals surface area contributed by atoms with Crippen molar-refractivity contribution in [2.45, 2.75) is 57.7 Å². The molecule has 0 aromatic rings. The Morgan fingerprint density at radius 2 is 2.10 bits per heavy atom. The average Bonchev–Trinajstić information content (AvgIpc) is 2.41. The molecule has 0 radical (unpaired) electrons. The molecular formula is C15H30N2O2S2. The second kappa shape index (κ2) is 10.4. The molecule has 21 heavy (non-hydrogen) atoms. The third kappa shape index (κ3) is 8.63. The van der Waals surface area contributed by atoms with Gasteiger partial charge in [-0.05, 0) is 40.0 Å². The Labute approximate surface area is 137 Å². The lowest BCUT2D eigenvalue weighted by Gasteiger charge is -2.30. The van der Waals surface area contributed by atoms with Crippen molar-refractivity contribution in [1.82, 2.24) is 4.90 Å². The van der Waals surface area contributed by atoms with E-state index in [0.29, 0.717) is 6.54 Å². The van der Waals surface area contributed by atoms with E-state index in [9.17, 15) is 4.79 Å². The van der Waals surface area contributed by atoms with E-state index in [2.05, 4.69) is 26.8 Å². The lowest BCUT2D eigenvalue weighted by molar-refractivity contribution is -0.141. The molecular weight excluding hydrogens is 304 g/mol. The summed E-state index contributed by atoms with van der Waals surface area (Å²) < 4.78 is 0.153. The summed E-state index contributed by atoms with van der Waals surface area (Å²) in [6.45, 7) is 8.96. The van der Waals surface area contributed by atoms with Crippen molar-refractivity contribution in [3.63, 3.8) is 0 Å². The number of carboxylic acid groups (broad SMARTS) is 1. The summed E-state index contributed by atoms with van der Waals surface area (Å²) in [6, 6.07) is -0.495. The SMILES string of the molecule is CC/C=C(/CCC(C)(C)SSCCN)N(C)C(C)C(=O)O. The molecule has 0 aliphatic rings. The van der Waals surface area contributed by atoms with E-state index in [4.69, 9.17) is 10.8 Å². The van der Waals surface area contributed by atoms with Gasteiger partial charge in [-0.15, -0.1) is 0 Å². The molecule has 124 valence electrons. The van der Waals surface area contributed by atoms with Gasteiger partial charge in [-0.3, -0.25) is 0 Å². The third-order valence-corrected chi connectivity index (χ3v) is 6.68. The molecule has 0 saturated heterocycles. The Morgan fingerprint density at radius 1 is 1.48 bits per heavy atom. The quantitative estimate of drug-likeness (QED) is 0.445. The van der Waals surface area contributed by atoms with Gasteiger partial charge in [0.2, 0.25) is 0 Å². The first-order chi connectivity index (χ1) is 9.75. The predicted molar refractivity (Wildman–Crippen MR) is 95.7 cm³/mol. The molecule has 0 fully saturated rings. The van der Waals surface area contributed by atoms with Crippen LogP contribution >= 0.6 is 21.6 Å². The Morgan fingerprint density at radius 3 is 2.57 bits per heavy atom. The highest BCUT2D eigenvalue weighted by molar-refractivity contribution is 8.77. The van der Waals surface area contributed by atoms with Crippen LogP contribution in [0.1, 0.15) is 47.0 Å². The molecule has 0 rings (SSSR count). The second-order valence-corrected chi connectivity index (χ2v) is 8.81. The number of allylic oxidation sites excluding steroid dienone is 2. The van der Waals surface area contributed by atoms with Crippen LogP contribution in [0.5, 0.6) is 0 Å². The first-order valence-electron chi connectivity index (χ1n) is 7.40. The van der Waals surface area contributed by atoms with E-state index in [0.717, 1.165) is 30.7 Å². The van der Waals surface area contributed by atoms with Crippen LogP contribution in [0.2, 0.25) is 0 Å². The van der Waals surface area contributed by atoms with E-state index >= 15 is 0 Å². The number of nitrogens with two attached hydrogens (primary N) is 1. The summed E-state index contributed by atoms with van der Waals surface area (Å²) in [5.41, 5.74) is 6.63. The second-order valence-electron chi connectivity index (χ2n) is 5.68. The molecule has 0 heterocycles. The van der Waals surface area contributed by atoms with Gasteiger partial charge in [-0.1, -0.05) is 34.6 Å². The number of carbonyl (C=O) groups is 1. The smallest absolute Gasteiger partial charge is 0.326 e. The van der Waals surface area contributed by atoms with Gasteiger partial charge in [0, 0.05) is 29.8 Å². The van der Waals surface area contributed by atoms with E-state index in [1.807, 2.05) is 33.5 Å². The monoisotopic (exact) mass is 334 g/mol. The highest BCUT2D eigenvalue weighted by Gasteiger charge is 2.23. The minimum atomic E-state index is -0.786. The number of likely N-dealkylation sites (N-methyl/N-ethyl adjacent to an activating group) is 1. The molecule has 0 aliphatic carbocycles. The number of aliphatic carboxylic acids is 1. The fourth-order valence-electron chi connectivity index (χ4n) is 1.79. The minimum Gasteiger partial charge on any atom is -0.480 e. The van der Waals surface area contributed by atoms with Crippen LogP contribution in [0, 0.1) is 0 Å². The maximum Gasteiger partial charge on any atom is 0.326 e. The number of hydrogen-bond acceptors (Lipinski definition) is 5. The van der Waals surface area contributed by atoms with Crippen molar-refractivity contribution in [1.29, 1.82) is 0 Å². The third-order valence-electron chi connectivity index (χ3n) is 3.30. The number of carboxylic acids is 1. The Bertz CT molecular complexity index is 347. The summed E-state index contributed by atoms with van der Waals surface area (Å²) in [5.74, 6) is 0.175. The maximum atomic E-state index is 11.1. The first kappa shape index (κ1) is 20.7. The molecule has 1 atom stereocenters. The lowest BCUT2D eigenvalue weighted by atomic mass is 10.0. The van der Waals surface area contributed by atoms with Crippen LogP contribution in [0.4, 0.5) is 0 Å². The summed E-state index contributed by atoms with van der Waals surface area (Å²) >= 11 is 0. The predicted octanol–water partition coefficient (Wildman–Crippen LogP) is 3.58. The zero-order chi connectivity index (χ0) is 16.5. The molecule has 0 spiro atoms. The molecule has 0 aromatic heterocycles. The molecule has 0 saturated carbocycles. The topological polar surface area (TPSA) is 66.6 Å². The van der Waals surface area contributed by atoms with Crippen molar-refractivity contribution in [2.75, 3.05) is 19.3 Å². The van der Waals surface area contributed by atoms with Gasteiger partial charge in [0.1, 0.15) is 6.04 Å². The summed E-state index contributed by atoms with van der Waals surface area (Å²) in [5, 5.41) is 9.15.